The van der Waals surface area contributed by atoms with E-state index in [4.69, 9.17) is 4.74 Å². The first-order valence-electron chi connectivity index (χ1n) is 17.2. The largest absolute Gasteiger partial charge is 0.497 e. The van der Waals surface area contributed by atoms with Gasteiger partial charge in [-0.3, -0.25) is 4.98 Å². The summed E-state index contributed by atoms with van der Waals surface area (Å²) in [6.07, 6.45) is 3.69. The molecule has 0 bridgehead atoms. The summed E-state index contributed by atoms with van der Waals surface area (Å²) in [7, 11) is 1.70. The van der Waals surface area contributed by atoms with Crippen LogP contribution in [0, 0.1) is 0 Å². The molecule has 242 valence electrons. The summed E-state index contributed by atoms with van der Waals surface area (Å²) in [5.41, 5.74) is 10.4. The van der Waals surface area contributed by atoms with Gasteiger partial charge in [0.05, 0.1) is 7.11 Å². The maximum absolute atomic E-state index is 5.51. The average molecular weight is 655 g/mol. The zero-order valence-electron chi connectivity index (χ0n) is 28.2. The lowest BCUT2D eigenvalue weighted by molar-refractivity contribution is 0.415. The van der Waals surface area contributed by atoms with E-state index in [1.165, 1.54) is 65.7 Å². The molecule has 0 N–H and O–H groups in total. The molecule has 0 fully saturated rings. The van der Waals surface area contributed by atoms with Crippen molar-refractivity contribution in [3.05, 3.63) is 188 Å². The van der Waals surface area contributed by atoms with Crippen molar-refractivity contribution in [2.45, 2.75) is 0 Å². The molecule has 9 aromatic rings. The van der Waals surface area contributed by atoms with Crippen molar-refractivity contribution in [1.29, 1.82) is 0 Å². The Kier molecular flexibility index (Phi) is 7.71. The van der Waals surface area contributed by atoms with Crippen LogP contribution < -0.4 is 9.64 Å². The minimum absolute atomic E-state index is 0.821. The fourth-order valence-corrected chi connectivity index (χ4v) is 7.55. The highest BCUT2D eigenvalue weighted by Crippen LogP contribution is 2.50. The molecule has 1 aromatic heterocycles. The van der Waals surface area contributed by atoms with Gasteiger partial charge in [0.25, 0.3) is 0 Å². The van der Waals surface area contributed by atoms with Crippen LogP contribution in [0.1, 0.15) is 0 Å². The van der Waals surface area contributed by atoms with Crippen LogP contribution >= 0.6 is 0 Å². The van der Waals surface area contributed by atoms with E-state index in [9.17, 15) is 0 Å². The van der Waals surface area contributed by atoms with E-state index in [2.05, 4.69) is 174 Å². The molecule has 51 heavy (non-hydrogen) atoms. The summed E-state index contributed by atoms with van der Waals surface area (Å²) in [5, 5.41) is 7.37. The number of pyridine rings is 1. The molecule has 0 aliphatic rings. The van der Waals surface area contributed by atoms with Gasteiger partial charge in [-0.1, -0.05) is 121 Å². The van der Waals surface area contributed by atoms with E-state index in [0.717, 1.165) is 22.8 Å². The summed E-state index contributed by atoms with van der Waals surface area (Å²) in [4.78, 5) is 6.61. The lowest BCUT2D eigenvalue weighted by Crippen LogP contribution is -2.10. The number of benzene rings is 8. The van der Waals surface area contributed by atoms with Crippen LogP contribution in [0.15, 0.2) is 188 Å². The third kappa shape index (κ3) is 5.36. The van der Waals surface area contributed by atoms with Crippen LogP contribution in [0.5, 0.6) is 5.75 Å². The Balaban J connectivity index is 1.44. The Morgan fingerprint density at radius 3 is 1.59 bits per heavy atom. The molecule has 8 aromatic carbocycles. The second kappa shape index (κ2) is 13.0. The number of anilines is 3. The first-order chi connectivity index (χ1) is 25.3. The molecule has 0 atom stereocenters. The van der Waals surface area contributed by atoms with Crippen molar-refractivity contribution in [2.24, 2.45) is 0 Å². The smallest absolute Gasteiger partial charge is 0.119 e. The fraction of sp³-hybridized carbons (Fsp3) is 0.0208. The second-order valence-corrected chi connectivity index (χ2v) is 12.7. The van der Waals surface area contributed by atoms with Crippen LogP contribution in [0.3, 0.4) is 0 Å². The van der Waals surface area contributed by atoms with Crippen LogP contribution in [-0.4, -0.2) is 12.1 Å². The quantitative estimate of drug-likeness (QED) is 0.160. The number of hydrogen-bond acceptors (Lipinski definition) is 3. The molecule has 0 saturated heterocycles. The Morgan fingerprint density at radius 2 is 0.941 bits per heavy atom. The van der Waals surface area contributed by atoms with Gasteiger partial charge in [-0.05, 0) is 120 Å². The third-order valence-electron chi connectivity index (χ3n) is 9.83. The number of rotatable bonds is 7. The zero-order valence-corrected chi connectivity index (χ0v) is 28.2. The van der Waals surface area contributed by atoms with Gasteiger partial charge in [0.15, 0.2) is 0 Å². The Labute approximate surface area is 297 Å². The highest BCUT2D eigenvalue weighted by atomic mass is 16.5. The van der Waals surface area contributed by atoms with E-state index in [-0.39, 0.29) is 0 Å². The molecule has 0 aliphatic carbocycles. The van der Waals surface area contributed by atoms with Gasteiger partial charge in [-0.25, -0.2) is 0 Å². The van der Waals surface area contributed by atoms with Gasteiger partial charge >= 0.3 is 0 Å². The van der Waals surface area contributed by atoms with Gasteiger partial charge in [0, 0.05) is 29.5 Å². The number of fused-ring (bicyclic) bond motifs is 6. The number of hydrogen-bond donors (Lipinski definition) is 0. The standard InChI is InChI=1S/C48H34N2O/c1-51-39-24-21-36(22-25-39)50(37-27-29-49-30-28-37)38-23-26-42-45(31-38)40-19-11-12-20-41(40)47-44(34-15-7-3-8-16-34)32-43(33-13-5-2-6-14-33)46(48(42)47)35-17-9-4-10-18-35/h2-32H,1H3. The fourth-order valence-electron chi connectivity index (χ4n) is 7.55. The average Bonchev–Trinajstić information content (AvgIpc) is 3.22. The molecule has 9 rings (SSSR count). The molecular weight excluding hydrogens is 621 g/mol. The van der Waals surface area contributed by atoms with Crippen LogP contribution in [0.25, 0.3) is 65.7 Å². The molecule has 0 saturated carbocycles. The number of aromatic nitrogens is 1. The topological polar surface area (TPSA) is 25.4 Å². The molecule has 1 heterocycles. The molecule has 0 spiro atoms. The molecule has 0 radical (unpaired) electrons. The summed E-state index contributed by atoms with van der Waals surface area (Å²) in [6.45, 7) is 0. The summed E-state index contributed by atoms with van der Waals surface area (Å²) >= 11 is 0. The maximum Gasteiger partial charge on any atom is 0.119 e. The predicted octanol–water partition coefficient (Wildman–Crippen LogP) is 13.0. The number of nitrogens with zero attached hydrogens (tertiary/aromatic N) is 2. The molecule has 0 aliphatic heterocycles. The highest BCUT2D eigenvalue weighted by molar-refractivity contribution is 6.33. The van der Waals surface area contributed by atoms with Gasteiger partial charge in [-0.2, -0.15) is 0 Å². The minimum atomic E-state index is 0.821. The normalized spacial score (nSPS) is 11.2. The van der Waals surface area contributed by atoms with Crippen molar-refractivity contribution >= 4 is 49.4 Å². The first kappa shape index (κ1) is 30.4. The van der Waals surface area contributed by atoms with Gasteiger partial charge in [0.2, 0.25) is 0 Å². The maximum atomic E-state index is 5.51. The van der Waals surface area contributed by atoms with E-state index in [0.29, 0.717) is 0 Å². The number of methoxy groups -OCH3 is 1. The zero-order chi connectivity index (χ0) is 34.1. The minimum Gasteiger partial charge on any atom is -0.497 e. The Bertz CT molecular complexity index is 2640. The van der Waals surface area contributed by atoms with Crippen molar-refractivity contribution in [3.63, 3.8) is 0 Å². The lowest BCUT2D eigenvalue weighted by Gasteiger charge is -2.27. The van der Waals surface area contributed by atoms with Crippen LogP contribution in [0.4, 0.5) is 17.1 Å². The Morgan fingerprint density at radius 1 is 0.412 bits per heavy atom. The SMILES string of the molecule is COc1ccc(N(c2ccncc2)c2ccc3c(c2)c2ccccc2c2c(-c4ccccc4)cc(-c4ccccc4)c(-c4ccccc4)c32)cc1. The van der Waals surface area contributed by atoms with Crippen molar-refractivity contribution in [3.8, 4) is 39.1 Å². The molecule has 0 amide bonds. The molecular formula is C48H34N2O. The molecule has 3 heteroatoms. The van der Waals surface area contributed by atoms with Gasteiger partial charge < -0.3 is 9.64 Å². The third-order valence-corrected chi connectivity index (χ3v) is 9.83. The second-order valence-electron chi connectivity index (χ2n) is 12.7. The molecule has 0 unspecified atom stereocenters. The summed E-state index contributed by atoms with van der Waals surface area (Å²) < 4.78 is 5.51. The van der Waals surface area contributed by atoms with Gasteiger partial charge in [-0.15, -0.1) is 0 Å². The molecule has 3 nitrogen and oxygen atoms in total. The van der Waals surface area contributed by atoms with E-state index >= 15 is 0 Å². The van der Waals surface area contributed by atoms with E-state index < -0.39 is 0 Å². The summed E-state index contributed by atoms with van der Waals surface area (Å²) in [6, 6.07) is 63.1. The van der Waals surface area contributed by atoms with E-state index in [1.54, 1.807) is 7.11 Å². The highest BCUT2D eigenvalue weighted by Gasteiger charge is 2.22. The van der Waals surface area contributed by atoms with Crippen LogP contribution in [0.2, 0.25) is 0 Å². The van der Waals surface area contributed by atoms with Crippen molar-refractivity contribution in [2.75, 3.05) is 12.0 Å². The predicted molar refractivity (Wildman–Crippen MR) is 214 cm³/mol. The Hall–Kier alpha value is -6.71. The van der Waals surface area contributed by atoms with E-state index in [1.807, 2.05) is 24.5 Å². The van der Waals surface area contributed by atoms with Crippen LogP contribution in [-0.2, 0) is 0 Å². The van der Waals surface area contributed by atoms with Gasteiger partial charge in [0.1, 0.15) is 5.75 Å². The summed E-state index contributed by atoms with van der Waals surface area (Å²) in [5.74, 6) is 0.821. The number of ether oxygens (including phenoxy) is 1. The van der Waals surface area contributed by atoms with Crippen molar-refractivity contribution < 1.29 is 4.74 Å². The first-order valence-corrected chi connectivity index (χ1v) is 17.2. The van der Waals surface area contributed by atoms with Crippen molar-refractivity contribution in [1.82, 2.24) is 4.98 Å². The lowest BCUT2D eigenvalue weighted by atomic mass is 9.81. The monoisotopic (exact) mass is 654 g/mol.